The summed E-state index contributed by atoms with van der Waals surface area (Å²) in [5.74, 6) is 0.107. The summed E-state index contributed by atoms with van der Waals surface area (Å²) in [4.78, 5) is 17.0. The number of benzene rings is 1. The van der Waals surface area contributed by atoms with E-state index in [1.54, 1.807) is 0 Å². The van der Waals surface area contributed by atoms with Gasteiger partial charge >= 0.3 is 6.09 Å². The number of aromatic nitrogens is 2. The number of aryl methyl sites for hydroxylation is 1. The minimum Gasteiger partial charge on any atom is -0.453 e. The third-order valence-corrected chi connectivity index (χ3v) is 9.51. The Labute approximate surface area is 229 Å². The van der Waals surface area contributed by atoms with E-state index < -0.39 is 8.07 Å². The summed E-state index contributed by atoms with van der Waals surface area (Å²) in [6, 6.07) is 11.6. The topological polar surface area (TPSA) is 69.1 Å². The number of nitrogens with zero attached hydrogens (tertiary/aromatic N) is 4. The molecular formula is C29H46N4O4Si. The fourth-order valence-electron chi connectivity index (χ4n) is 5.59. The zero-order valence-electron chi connectivity index (χ0n) is 23.9. The largest absolute Gasteiger partial charge is 0.453 e. The molecule has 4 rings (SSSR count). The molecule has 1 amide bonds. The van der Waals surface area contributed by atoms with Crippen LogP contribution in [0.3, 0.4) is 0 Å². The maximum atomic E-state index is 12.7. The summed E-state index contributed by atoms with van der Waals surface area (Å²) >= 11 is 0. The molecule has 2 fully saturated rings. The molecule has 9 heteroatoms. The lowest BCUT2D eigenvalue weighted by molar-refractivity contribution is -0.0179. The zero-order valence-corrected chi connectivity index (χ0v) is 24.9. The van der Waals surface area contributed by atoms with Gasteiger partial charge in [0.25, 0.3) is 0 Å². The van der Waals surface area contributed by atoms with E-state index >= 15 is 0 Å². The lowest BCUT2D eigenvalue weighted by atomic mass is 9.85. The normalized spacial score (nSPS) is 21.1. The van der Waals surface area contributed by atoms with Gasteiger partial charge < -0.3 is 24.0 Å². The van der Waals surface area contributed by atoms with E-state index in [0.717, 1.165) is 62.7 Å². The molecule has 38 heavy (non-hydrogen) atoms. The minimum atomic E-state index is -1.12. The van der Waals surface area contributed by atoms with Crippen molar-refractivity contribution >= 4 is 19.9 Å². The lowest BCUT2D eigenvalue weighted by Crippen LogP contribution is -2.51. The molecule has 0 N–H and O–H groups in total. The van der Waals surface area contributed by atoms with E-state index in [1.165, 1.54) is 12.8 Å². The number of methoxy groups -OCH3 is 1. The van der Waals surface area contributed by atoms with Crippen LogP contribution in [0.1, 0.15) is 42.9 Å². The van der Waals surface area contributed by atoms with Crippen LogP contribution >= 0.6 is 0 Å². The molecule has 1 aromatic heterocycles. The van der Waals surface area contributed by atoms with Gasteiger partial charge in [-0.25, -0.2) is 9.48 Å². The number of para-hydroxylation sites is 1. The molecule has 0 saturated carbocycles. The van der Waals surface area contributed by atoms with Gasteiger partial charge in [-0.3, -0.25) is 0 Å². The molecule has 3 heterocycles. The monoisotopic (exact) mass is 542 g/mol. The lowest BCUT2D eigenvalue weighted by Gasteiger charge is -2.41. The highest BCUT2D eigenvalue weighted by Gasteiger charge is 2.38. The smallest absolute Gasteiger partial charge is 0.409 e. The van der Waals surface area contributed by atoms with E-state index in [0.29, 0.717) is 19.9 Å². The highest BCUT2D eigenvalue weighted by atomic mass is 28.3. The van der Waals surface area contributed by atoms with Crippen LogP contribution in [0.5, 0.6) is 0 Å². The second kappa shape index (κ2) is 13.1. The number of rotatable bonds is 10. The molecule has 0 radical (unpaired) electrons. The average molecular weight is 543 g/mol. The molecule has 2 unspecified atom stereocenters. The molecule has 2 saturated heterocycles. The summed E-state index contributed by atoms with van der Waals surface area (Å²) in [5.41, 5.74) is 3.45. The van der Waals surface area contributed by atoms with Crippen molar-refractivity contribution in [2.24, 2.45) is 0 Å². The average Bonchev–Trinajstić information content (AvgIpc) is 3.29. The van der Waals surface area contributed by atoms with E-state index in [2.05, 4.69) is 68.0 Å². The van der Waals surface area contributed by atoms with Crippen molar-refractivity contribution in [2.45, 2.75) is 83.1 Å². The number of hydrogen-bond donors (Lipinski definition) is 0. The molecule has 8 nitrogen and oxygen atoms in total. The van der Waals surface area contributed by atoms with Gasteiger partial charge in [-0.15, -0.1) is 0 Å². The van der Waals surface area contributed by atoms with Crippen LogP contribution < -0.4 is 4.90 Å². The van der Waals surface area contributed by atoms with Crippen LogP contribution in [0.25, 0.3) is 0 Å². The van der Waals surface area contributed by atoms with Gasteiger partial charge in [0.05, 0.1) is 31.6 Å². The number of carbonyl (C=O) groups excluding carboxylic acids is 1. The molecular weight excluding hydrogens is 496 g/mol. The fourth-order valence-corrected chi connectivity index (χ4v) is 6.34. The first-order valence-corrected chi connectivity index (χ1v) is 17.8. The van der Waals surface area contributed by atoms with E-state index in [9.17, 15) is 4.79 Å². The molecule has 0 aliphatic carbocycles. The second-order valence-electron chi connectivity index (χ2n) is 11.9. The number of likely N-dealkylation sites (tertiary alicyclic amines) is 1. The fraction of sp³-hybridized carbons (Fsp3) is 0.655. The van der Waals surface area contributed by atoms with Crippen LogP contribution in [-0.2, 0) is 20.9 Å². The number of hydrogen-bond acceptors (Lipinski definition) is 6. The number of anilines is 1. The van der Waals surface area contributed by atoms with Crippen molar-refractivity contribution in [1.82, 2.24) is 14.7 Å². The van der Waals surface area contributed by atoms with E-state index in [-0.39, 0.29) is 24.2 Å². The van der Waals surface area contributed by atoms with E-state index in [1.807, 2.05) is 9.58 Å². The SMILES string of the molecule is COC(=O)N1CCCC(c2nn(COCC[Si](C)(C)C)cc2C)C1COC1CCN(c2ccccc2)CC1. The Bertz CT molecular complexity index is 1020. The van der Waals surface area contributed by atoms with Crippen LogP contribution in [-0.4, -0.2) is 81.0 Å². The molecule has 2 aliphatic heterocycles. The Hall–Kier alpha value is -2.36. The molecule has 210 valence electrons. The zero-order chi connectivity index (χ0) is 27.1. The highest BCUT2D eigenvalue weighted by Crippen LogP contribution is 2.35. The van der Waals surface area contributed by atoms with Crippen molar-refractivity contribution in [2.75, 3.05) is 44.9 Å². The van der Waals surface area contributed by atoms with Gasteiger partial charge in [-0.1, -0.05) is 37.8 Å². The number of amides is 1. The molecule has 2 atom stereocenters. The quantitative estimate of drug-likeness (QED) is 0.292. The third kappa shape index (κ3) is 7.61. The Balaban J connectivity index is 1.39. The number of ether oxygens (including phenoxy) is 3. The molecule has 0 spiro atoms. The molecule has 0 bridgehead atoms. The van der Waals surface area contributed by atoms with Gasteiger partial charge in [-0.2, -0.15) is 5.10 Å². The van der Waals surface area contributed by atoms with Crippen molar-refractivity contribution in [3.63, 3.8) is 0 Å². The summed E-state index contributed by atoms with van der Waals surface area (Å²) in [6.45, 7) is 13.5. The summed E-state index contributed by atoms with van der Waals surface area (Å²) in [5, 5.41) is 4.94. The van der Waals surface area contributed by atoms with Crippen molar-refractivity contribution in [3.05, 3.63) is 47.8 Å². The van der Waals surface area contributed by atoms with Gasteiger partial charge in [0.2, 0.25) is 0 Å². The predicted molar refractivity (Wildman–Crippen MR) is 154 cm³/mol. The summed E-state index contributed by atoms with van der Waals surface area (Å²) in [7, 11) is 0.335. The first-order chi connectivity index (χ1) is 18.2. The third-order valence-electron chi connectivity index (χ3n) is 7.81. The Morgan fingerprint density at radius 3 is 2.50 bits per heavy atom. The molecule has 2 aromatic rings. The van der Waals surface area contributed by atoms with Gasteiger partial charge in [0.15, 0.2) is 0 Å². The van der Waals surface area contributed by atoms with E-state index in [4.69, 9.17) is 19.3 Å². The van der Waals surface area contributed by atoms with Crippen LogP contribution in [0, 0.1) is 6.92 Å². The Kier molecular flexibility index (Phi) is 9.89. The van der Waals surface area contributed by atoms with Crippen molar-refractivity contribution in [1.29, 1.82) is 0 Å². The first kappa shape index (κ1) is 28.6. The van der Waals surface area contributed by atoms with Gasteiger partial charge in [0, 0.05) is 52.1 Å². The first-order valence-electron chi connectivity index (χ1n) is 14.1. The maximum Gasteiger partial charge on any atom is 0.409 e. The second-order valence-corrected chi connectivity index (χ2v) is 17.5. The van der Waals surface area contributed by atoms with Crippen LogP contribution in [0.2, 0.25) is 25.7 Å². The summed E-state index contributed by atoms with van der Waals surface area (Å²) in [6.07, 6.45) is 5.83. The minimum absolute atomic E-state index is 0.0989. The van der Waals surface area contributed by atoms with Gasteiger partial charge in [-0.05, 0) is 56.3 Å². The summed E-state index contributed by atoms with van der Waals surface area (Å²) < 4.78 is 19.5. The van der Waals surface area contributed by atoms with Crippen LogP contribution in [0.15, 0.2) is 36.5 Å². The van der Waals surface area contributed by atoms with Gasteiger partial charge in [0.1, 0.15) is 6.73 Å². The highest BCUT2D eigenvalue weighted by molar-refractivity contribution is 6.76. The van der Waals surface area contributed by atoms with Crippen molar-refractivity contribution < 1.29 is 19.0 Å². The molecule has 1 aromatic carbocycles. The number of piperidine rings is 2. The van der Waals surface area contributed by atoms with Crippen LogP contribution in [0.4, 0.5) is 10.5 Å². The predicted octanol–water partition coefficient (Wildman–Crippen LogP) is 5.50. The number of carbonyl (C=O) groups is 1. The molecule has 2 aliphatic rings. The Morgan fingerprint density at radius 1 is 1.08 bits per heavy atom. The standard InChI is InChI=1S/C29H46N4O4Si/c1-23-20-32(22-36-18-19-38(3,4)5)30-28(23)26-12-9-15-33(29(34)35-2)27(26)21-37-25-13-16-31(17-14-25)24-10-7-6-8-11-24/h6-8,10-11,20,25-27H,9,12-19,21-22H2,1-5H3. The Morgan fingerprint density at radius 2 is 1.82 bits per heavy atom. The maximum absolute atomic E-state index is 12.7. The van der Waals surface area contributed by atoms with Crippen molar-refractivity contribution in [3.8, 4) is 0 Å².